The van der Waals surface area contributed by atoms with Gasteiger partial charge >= 0.3 is 0 Å². The molecule has 1 aromatic carbocycles. The standard InChI is InChI=1S/C20H27N3O2/c1-15-10-11-19(25-3)18(14-15)23-13-12-17(21-23)20(24)22(2)16-8-6-4-5-7-9-16/h10-14,16H,4-9H2,1-3H3. The lowest BCUT2D eigenvalue weighted by Crippen LogP contribution is -2.37. The lowest BCUT2D eigenvalue weighted by Gasteiger charge is -2.26. The molecule has 0 radical (unpaired) electrons. The summed E-state index contributed by atoms with van der Waals surface area (Å²) >= 11 is 0. The zero-order valence-corrected chi connectivity index (χ0v) is 15.4. The number of hydrogen-bond acceptors (Lipinski definition) is 3. The number of nitrogens with zero attached hydrogens (tertiary/aromatic N) is 3. The second-order valence-corrected chi connectivity index (χ2v) is 6.88. The van der Waals surface area contributed by atoms with E-state index in [4.69, 9.17) is 4.74 Å². The Morgan fingerprint density at radius 3 is 2.60 bits per heavy atom. The van der Waals surface area contributed by atoms with Gasteiger partial charge in [0.1, 0.15) is 11.4 Å². The van der Waals surface area contributed by atoms with Crippen LogP contribution in [0.4, 0.5) is 0 Å². The molecule has 1 saturated carbocycles. The van der Waals surface area contributed by atoms with Crippen molar-refractivity contribution in [2.75, 3.05) is 14.2 Å². The maximum absolute atomic E-state index is 12.8. The van der Waals surface area contributed by atoms with Crippen LogP contribution in [0.3, 0.4) is 0 Å². The van der Waals surface area contributed by atoms with Gasteiger partial charge in [0.2, 0.25) is 0 Å². The van der Waals surface area contributed by atoms with Crippen LogP contribution in [0.5, 0.6) is 5.75 Å². The second-order valence-electron chi connectivity index (χ2n) is 6.88. The SMILES string of the molecule is COc1ccc(C)cc1-n1ccc(C(=O)N(C)C2CCCCCC2)n1. The number of carbonyl (C=O) groups is 1. The fourth-order valence-electron chi connectivity index (χ4n) is 3.54. The van der Waals surface area contributed by atoms with Gasteiger partial charge in [-0.3, -0.25) is 4.79 Å². The zero-order chi connectivity index (χ0) is 17.8. The predicted octanol–water partition coefficient (Wildman–Crippen LogP) is 3.98. The van der Waals surface area contributed by atoms with Crippen LogP contribution in [0.2, 0.25) is 0 Å². The molecule has 1 aliphatic rings. The third-order valence-electron chi connectivity index (χ3n) is 5.08. The van der Waals surface area contributed by atoms with Crippen molar-refractivity contribution in [3.05, 3.63) is 41.7 Å². The van der Waals surface area contributed by atoms with Gasteiger partial charge in [-0.25, -0.2) is 4.68 Å². The Kier molecular flexibility index (Phi) is 5.41. The lowest BCUT2D eigenvalue weighted by atomic mass is 10.1. The number of rotatable bonds is 4. The molecule has 0 N–H and O–H groups in total. The highest BCUT2D eigenvalue weighted by Crippen LogP contribution is 2.25. The van der Waals surface area contributed by atoms with Crippen molar-refractivity contribution >= 4 is 5.91 Å². The van der Waals surface area contributed by atoms with Crippen LogP contribution in [-0.4, -0.2) is 40.8 Å². The van der Waals surface area contributed by atoms with Crippen molar-refractivity contribution in [2.24, 2.45) is 0 Å². The van der Waals surface area contributed by atoms with Crippen molar-refractivity contribution in [3.8, 4) is 11.4 Å². The third-order valence-corrected chi connectivity index (χ3v) is 5.08. The summed E-state index contributed by atoms with van der Waals surface area (Å²) < 4.78 is 7.15. The summed E-state index contributed by atoms with van der Waals surface area (Å²) in [6.07, 6.45) is 8.98. The summed E-state index contributed by atoms with van der Waals surface area (Å²) in [4.78, 5) is 14.7. The van der Waals surface area contributed by atoms with Gasteiger partial charge in [0.25, 0.3) is 5.91 Å². The number of methoxy groups -OCH3 is 1. The monoisotopic (exact) mass is 341 g/mol. The highest BCUT2D eigenvalue weighted by Gasteiger charge is 2.24. The van der Waals surface area contributed by atoms with E-state index in [-0.39, 0.29) is 5.91 Å². The van der Waals surface area contributed by atoms with Gasteiger partial charge in [-0.2, -0.15) is 5.10 Å². The van der Waals surface area contributed by atoms with E-state index in [1.54, 1.807) is 17.9 Å². The van der Waals surface area contributed by atoms with Gasteiger partial charge in [0.05, 0.1) is 7.11 Å². The van der Waals surface area contributed by atoms with Crippen LogP contribution < -0.4 is 4.74 Å². The van der Waals surface area contributed by atoms with E-state index in [1.165, 1.54) is 25.7 Å². The molecule has 0 bridgehead atoms. The van der Waals surface area contributed by atoms with Crippen LogP contribution in [0.1, 0.15) is 54.6 Å². The minimum atomic E-state index is -0.00253. The number of hydrogen-bond donors (Lipinski definition) is 0. The molecule has 134 valence electrons. The largest absolute Gasteiger partial charge is 0.494 e. The van der Waals surface area contributed by atoms with Gasteiger partial charge in [0, 0.05) is 19.3 Å². The van der Waals surface area contributed by atoms with E-state index in [0.717, 1.165) is 29.8 Å². The average molecular weight is 341 g/mol. The first-order valence-electron chi connectivity index (χ1n) is 9.08. The summed E-state index contributed by atoms with van der Waals surface area (Å²) in [7, 11) is 3.55. The molecule has 1 aromatic heterocycles. The molecule has 5 nitrogen and oxygen atoms in total. The first-order valence-corrected chi connectivity index (χ1v) is 9.08. The van der Waals surface area contributed by atoms with Gasteiger partial charge in [0.15, 0.2) is 5.69 Å². The Morgan fingerprint density at radius 1 is 1.20 bits per heavy atom. The number of aryl methyl sites for hydroxylation is 1. The molecular formula is C20H27N3O2. The molecule has 0 unspecified atom stereocenters. The Labute approximate surface area is 149 Å². The van der Waals surface area contributed by atoms with Crippen LogP contribution in [-0.2, 0) is 0 Å². The van der Waals surface area contributed by atoms with Gasteiger partial charge in [-0.1, -0.05) is 31.7 Å². The van der Waals surface area contributed by atoms with Crippen molar-refractivity contribution in [3.63, 3.8) is 0 Å². The van der Waals surface area contributed by atoms with Gasteiger partial charge < -0.3 is 9.64 Å². The van der Waals surface area contributed by atoms with Crippen LogP contribution >= 0.6 is 0 Å². The molecule has 5 heteroatoms. The second kappa shape index (κ2) is 7.72. The Morgan fingerprint density at radius 2 is 1.92 bits per heavy atom. The first kappa shape index (κ1) is 17.5. The molecule has 0 spiro atoms. The normalized spacial score (nSPS) is 15.6. The number of ether oxygens (including phenoxy) is 1. The maximum atomic E-state index is 12.8. The molecular weight excluding hydrogens is 314 g/mol. The highest BCUT2D eigenvalue weighted by molar-refractivity contribution is 5.92. The molecule has 25 heavy (non-hydrogen) atoms. The van der Waals surface area contributed by atoms with E-state index in [1.807, 2.05) is 43.3 Å². The number of benzene rings is 1. The van der Waals surface area contributed by atoms with Crippen molar-refractivity contribution in [1.82, 2.24) is 14.7 Å². The Balaban J connectivity index is 1.81. The highest BCUT2D eigenvalue weighted by atomic mass is 16.5. The summed E-state index contributed by atoms with van der Waals surface area (Å²) in [5.74, 6) is 0.738. The van der Waals surface area contributed by atoms with Crippen LogP contribution in [0.25, 0.3) is 5.69 Å². The Hall–Kier alpha value is -2.30. The Bertz CT molecular complexity index is 730. The molecule has 2 aromatic rings. The smallest absolute Gasteiger partial charge is 0.274 e. The molecule has 0 atom stereocenters. The van der Waals surface area contributed by atoms with Crippen LogP contribution in [0, 0.1) is 6.92 Å². The predicted molar refractivity (Wildman–Crippen MR) is 98.4 cm³/mol. The number of amides is 1. The molecule has 1 amide bonds. The van der Waals surface area contributed by atoms with E-state index in [0.29, 0.717) is 11.7 Å². The summed E-state index contributed by atoms with van der Waals surface area (Å²) in [5, 5.41) is 4.51. The van der Waals surface area contributed by atoms with Gasteiger partial charge in [-0.15, -0.1) is 0 Å². The fourth-order valence-corrected chi connectivity index (χ4v) is 3.54. The quantitative estimate of drug-likeness (QED) is 0.790. The van der Waals surface area contributed by atoms with E-state index < -0.39 is 0 Å². The fraction of sp³-hybridized carbons (Fsp3) is 0.500. The molecule has 3 rings (SSSR count). The lowest BCUT2D eigenvalue weighted by molar-refractivity contribution is 0.0711. The topological polar surface area (TPSA) is 47.4 Å². The minimum Gasteiger partial charge on any atom is -0.494 e. The van der Waals surface area contributed by atoms with Crippen molar-refractivity contribution in [2.45, 2.75) is 51.5 Å². The average Bonchev–Trinajstić information content (AvgIpc) is 2.95. The van der Waals surface area contributed by atoms with Gasteiger partial charge in [-0.05, 0) is 43.5 Å². The summed E-state index contributed by atoms with van der Waals surface area (Å²) in [6, 6.07) is 8.05. The van der Waals surface area contributed by atoms with E-state index in [9.17, 15) is 4.79 Å². The number of carbonyl (C=O) groups excluding carboxylic acids is 1. The first-order chi connectivity index (χ1) is 12.1. The molecule has 1 fully saturated rings. The molecule has 0 aliphatic heterocycles. The van der Waals surface area contributed by atoms with Crippen molar-refractivity contribution in [1.29, 1.82) is 0 Å². The van der Waals surface area contributed by atoms with Crippen LogP contribution in [0.15, 0.2) is 30.5 Å². The molecule has 1 heterocycles. The minimum absolute atomic E-state index is 0.00253. The third kappa shape index (κ3) is 3.86. The summed E-state index contributed by atoms with van der Waals surface area (Å²) in [6.45, 7) is 2.03. The number of aromatic nitrogens is 2. The molecule has 1 aliphatic carbocycles. The van der Waals surface area contributed by atoms with E-state index >= 15 is 0 Å². The van der Waals surface area contributed by atoms with E-state index in [2.05, 4.69) is 5.10 Å². The summed E-state index contributed by atoms with van der Waals surface area (Å²) in [5.41, 5.74) is 2.45. The maximum Gasteiger partial charge on any atom is 0.274 e. The zero-order valence-electron chi connectivity index (χ0n) is 15.4. The van der Waals surface area contributed by atoms with Crippen molar-refractivity contribution < 1.29 is 9.53 Å². The molecule has 0 saturated heterocycles.